The van der Waals surface area contributed by atoms with Crippen LogP contribution in [0.5, 0.6) is 0 Å². The van der Waals surface area contributed by atoms with Gasteiger partial charge in [0, 0.05) is 23.0 Å². The Bertz CT molecular complexity index is 630. The summed E-state index contributed by atoms with van der Waals surface area (Å²) in [7, 11) is 0. The first-order valence-electron chi connectivity index (χ1n) is 8.74. The van der Waals surface area contributed by atoms with Gasteiger partial charge in [-0.3, -0.25) is 4.79 Å². The summed E-state index contributed by atoms with van der Waals surface area (Å²) in [6.07, 6.45) is 12.5. The van der Waals surface area contributed by atoms with Gasteiger partial charge in [-0.25, -0.2) is 4.39 Å². The van der Waals surface area contributed by atoms with Crippen LogP contribution in [0.4, 0.5) is 4.39 Å². The molecule has 3 nitrogen and oxygen atoms in total. The van der Waals surface area contributed by atoms with Crippen LogP contribution in [0.15, 0.2) is 47.0 Å². The van der Waals surface area contributed by atoms with Crippen molar-refractivity contribution in [2.24, 2.45) is 11.8 Å². The lowest BCUT2D eigenvalue weighted by Gasteiger charge is -2.26. The summed E-state index contributed by atoms with van der Waals surface area (Å²) in [4.78, 5) is 10.5. The van der Waals surface area contributed by atoms with E-state index in [0.717, 1.165) is 30.3 Å². The highest BCUT2D eigenvalue weighted by atomic mass is 79.9. The first-order chi connectivity index (χ1) is 12.1. The average Bonchev–Trinajstić information content (AvgIpc) is 2.57. The van der Waals surface area contributed by atoms with Crippen molar-refractivity contribution >= 4 is 21.9 Å². The number of unbranched alkanes of at least 4 members (excludes halogenated alkanes) is 1. The van der Waals surface area contributed by atoms with E-state index >= 15 is 0 Å². The van der Waals surface area contributed by atoms with E-state index in [0.29, 0.717) is 30.4 Å². The smallest absolute Gasteiger partial charge is 0.303 e. The molecule has 1 aromatic carbocycles. The van der Waals surface area contributed by atoms with Crippen LogP contribution < -0.4 is 5.32 Å². The van der Waals surface area contributed by atoms with Crippen molar-refractivity contribution in [3.8, 4) is 0 Å². The van der Waals surface area contributed by atoms with Crippen molar-refractivity contribution in [2.75, 3.05) is 6.54 Å². The number of nitrogens with one attached hydrogen (secondary N) is 1. The zero-order valence-electron chi connectivity index (χ0n) is 14.3. The summed E-state index contributed by atoms with van der Waals surface area (Å²) in [6, 6.07) is 5.14. The molecule has 1 aromatic rings. The largest absolute Gasteiger partial charge is 0.481 e. The summed E-state index contributed by atoms with van der Waals surface area (Å²) in [6.45, 7) is 1.36. The van der Waals surface area contributed by atoms with E-state index in [-0.39, 0.29) is 12.2 Å². The minimum atomic E-state index is -0.740. The normalized spacial score (nSPS) is 20.2. The highest BCUT2D eigenvalue weighted by Crippen LogP contribution is 2.26. The highest BCUT2D eigenvalue weighted by Gasteiger charge is 2.19. The van der Waals surface area contributed by atoms with Crippen LogP contribution in [0.3, 0.4) is 0 Å². The van der Waals surface area contributed by atoms with E-state index in [2.05, 4.69) is 45.6 Å². The van der Waals surface area contributed by atoms with Crippen LogP contribution in [0.25, 0.3) is 0 Å². The molecular formula is C20H25BrFNO2. The number of benzene rings is 1. The fourth-order valence-corrected chi connectivity index (χ4v) is 3.39. The van der Waals surface area contributed by atoms with Crippen LogP contribution in [0.2, 0.25) is 0 Å². The quantitative estimate of drug-likeness (QED) is 0.441. The molecule has 1 aliphatic carbocycles. The average molecular weight is 410 g/mol. The second-order valence-electron chi connectivity index (χ2n) is 6.45. The van der Waals surface area contributed by atoms with E-state index in [4.69, 9.17) is 5.11 Å². The first-order valence-corrected chi connectivity index (χ1v) is 9.53. The Labute approximate surface area is 157 Å². The molecule has 0 unspecified atom stereocenters. The molecule has 0 saturated carbocycles. The van der Waals surface area contributed by atoms with Gasteiger partial charge in [0.25, 0.3) is 0 Å². The topological polar surface area (TPSA) is 49.3 Å². The van der Waals surface area contributed by atoms with E-state index in [9.17, 15) is 9.18 Å². The van der Waals surface area contributed by atoms with Gasteiger partial charge in [0.15, 0.2) is 0 Å². The highest BCUT2D eigenvalue weighted by molar-refractivity contribution is 9.10. The zero-order chi connectivity index (χ0) is 18.1. The van der Waals surface area contributed by atoms with Crippen LogP contribution >= 0.6 is 15.9 Å². The zero-order valence-corrected chi connectivity index (χ0v) is 15.8. The van der Waals surface area contributed by atoms with Crippen molar-refractivity contribution in [1.82, 2.24) is 5.32 Å². The van der Waals surface area contributed by atoms with Gasteiger partial charge < -0.3 is 10.4 Å². The number of hydrogen-bond acceptors (Lipinski definition) is 2. The molecule has 0 aromatic heterocycles. The SMILES string of the molecule is O=C(O)CCC/C=C\[C@H]1CC=CC[C@@H]1CNCc1ccc(Br)cc1F. The molecule has 0 heterocycles. The summed E-state index contributed by atoms with van der Waals surface area (Å²) in [5.74, 6) is 0.00728. The molecule has 0 bridgehead atoms. The monoisotopic (exact) mass is 409 g/mol. The van der Waals surface area contributed by atoms with Gasteiger partial charge in [0.2, 0.25) is 0 Å². The Morgan fingerprint density at radius 2 is 2.16 bits per heavy atom. The molecule has 0 amide bonds. The van der Waals surface area contributed by atoms with Gasteiger partial charge in [-0.2, -0.15) is 0 Å². The molecule has 0 radical (unpaired) electrons. The fraction of sp³-hybridized carbons (Fsp3) is 0.450. The van der Waals surface area contributed by atoms with E-state index in [1.165, 1.54) is 6.07 Å². The number of carboxylic acid groups (broad SMARTS) is 1. The maximum atomic E-state index is 13.9. The molecular weight excluding hydrogens is 385 g/mol. The molecule has 5 heteroatoms. The molecule has 0 fully saturated rings. The molecule has 2 N–H and O–H groups in total. The third-order valence-corrected chi connectivity index (χ3v) is 4.99. The lowest BCUT2D eigenvalue weighted by atomic mass is 9.82. The minimum Gasteiger partial charge on any atom is -0.481 e. The van der Waals surface area contributed by atoms with Crippen molar-refractivity contribution in [1.29, 1.82) is 0 Å². The molecule has 0 aliphatic heterocycles. The van der Waals surface area contributed by atoms with Gasteiger partial charge in [0.05, 0.1) is 0 Å². The maximum absolute atomic E-state index is 13.9. The number of aliphatic carboxylic acids is 1. The van der Waals surface area contributed by atoms with Gasteiger partial charge in [-0.1, -0.05) is 46.3 Å². The lowest BCUT2D eigenvalue weighted by molar-refractivity contribution is -0.137. The molecule has 0 saturated heterocycles. The number of carbonyl (C=O) groups is 1. The summed E-state index contributed by atoms with van der Waals surface area (Å²) in [5.41, 5.74) is 0.676. The number of allylic oxidation sites excluding steroid dienone is 4. The molecule has 1 aliphatic rings. The fourth-order valence-electron chi connectivity index (χ4n) is 3.06. The number of hydrogen-bond donors (Lipinski definition) is 2. The Morgan fingerprint density at radius 1 is 1.36 bits per heavy atom. The van der Waals surface area contributed by atoms with Crippen LogP contribution in [-0.4, -0.2) is 17.6 Å². The van der Waals surface area contributed by atoms with Gasteiger partial charge in [-0.05, 0) is 56.2 Å². The van der Waals surface area contributed by atoms with Crippen molar-refractivity contribution in [3.05, 3.63) is 58.4 Å². The second kappa shape index (κ2) is 10.5. The third kappa shape index (κ3) is 7.12. The first kappa shape index (κ1) is 19.9. The van der Waals surface area contributed by atoms with Crippen LogP contribution in [-0.2, 0) is 11.3 Å². The van der Waals surface area contributed by atoms with Gasteiger partial charge >= 0.3 is 5.97 Å². The molecule has 25 heavy (non-hydrogen) atoms. The Morgan fingerprint density at radius 3 is 2.92 bits per heavy atom. The Balaban J connectivity index is 1.79. The third-order valence-electron chi connectivity index (χ3n) is 4.50. The minimum absolute atomic E-state index is 0.194. The number of rotatable bonds is 9. The van der Waals surface area contributed by atoms with E-state index in [1.807, 2.05) is 6.07 Å². The predicted octanol–water partition coefficient (Wildman–Crippen LogP) is 5.07. The lowest BCUT2D eigenvalue weighted by Crippen LogP contribution is -2.28. The predicted molar refractivity (Wildman–Crippen MR) is 102 cm³/mol. The summed E-state index contributed by atoms with van der Waals surface area (Å²) in [5, 5.41) is 12.0. The van der Waals surface area contributed by atoms with E-state index < -0.39 is 5.97 Å². The van der Waals surface area contributed by atoms with Crippen LogP contribution in [0.1, 0.15) is 37.7 Å². The van der Waals surface area contributed by atoms with E-state index in [1.54, 1.807) is 6.07 Å². The molecule has 2 rings (SSSR count). The standard InChI is InChI=1S/C20H25BrFNO2/c21-18-11-10-17(19(22)12-18)14-23-13-16-8-5-4-7-15(16)6-2-1-3-9-20(24)25/h2,4-6,10-12,15-16,23H,1,3,7-9,13-14H2,(H,24,25)/b6-2-/t15-,16+/m0/s1. The second-order valence-corrected chi connectivity index (χ2v) is 7.36. The van der Waals surface area contributed by atoms with Gasteiger partial charge in [0.1, 0.15) is 5.82 Å². The van der Waals surface area contributed by atoms with Crippen molar-refractivity contribution < 1.29 is 14.3 Å². The summed E-state index contributed by atoms with van der Waals surface area (Å²) >= 11 is 3.27. The van der Waals surface area contributed by atoms with Gasteiger partial charge in [-0.15, -0.1) is 0 Å². The number of carboxylic acids is 1. The molecule has 0 spiro atoms. The maximum Gasteiger partial charge on any atom is 0.303 e. The number of halogens is 2. The van der Waals surface area contributed by atoms with Crippen LogP contribution in [0, 0.1) is 17.7 Å². The summed E-state index contributed by atoms with van der Waals surface area (Å²) < 4.78 is 14.6. The van der Waals surface area contributed by atoms with Crippen molar-refractivity contribution in [2.45, 2.75) is 38.6 Å². The molecule has 2 atom stereocenters. The van der Waals surface area contributed by atoms with Crippen molar-refractivity contribution in [3.63, 3.8) is 0 Å². The Kier molecular flexibility index (Phi) is 8.35. The molecule has 136 valence electrons. The Hall–Kier alpha value is -1.46.